The molecule has 148 valence electrons. The highest BCUT2D eigenvalue weighted by atomic mass is 35.5. The van der Waals surface area contributed by atoms with Crippen LogP contribution in [0.1, 0.15) is 26.7 Å². The van der Waals surface area contributed by atoms with Crippen LogP contribution in [0.15, 0.2) is 47.4 Å². The Morgan fingerprint density at radius 3 is 2.44 bits per heavy atom. The third-order valence-corrected chi connectivity index (χ3v) is 7.21. The van der Waals surface area contributed by atoms with Crippen LogP contribution < -0.4 is 4.31 Å². The lowest BCUT2D eigenvalue weighted by Gasteiger charge is -2.31. The molecule has 0 aromatic heterocycles. The highest BCUT2D eigenvalue weighted by Gasteiger charge is 2.31. The molecule has 0 radical (unpaired) electrons. The zero-order valence-corrected chi connectivity index (χ0v) is 17.6. The van der Waals surface area contributed by atoms with Crippen molar-refractivity contribution >= 4 is 39.1 Å². The summed E-state index contributed by atoms with van der Waals surface area (Å²) in [5.41, 5.74) is -0.291. The van der Waals surface area contributed by atoms with E-state index in [2.05, 4.69) is 0 Å². The molecule has 1 atom stereocenters. The van der Waals surface area contributed by atoms with Crippen molar-refractivity contribution in [3.8, 4) is 0 Å². The normalized spacial score (nSPS) is 12.8. The summed E-state index contributed by atoms with van der Waals surface area (Å²) in [6.07, 6.45) is 1.29. The van der Waals surface area contributed by atoms with Crippen molar-refractivity contribution in [2.45, 2.75) is 37.6 Å². The average Bonchev–Trinajstić information content (AvgIpc) is 2.62. The van der Waals surface area contributed by atoms with Gasteiger partial charge in [0.2, 0.25) is 0 Å². The molecule has 3 nitrogen and oxygen atoms in total. The van der Waals surface area contributed by atoms with Gasteiger partial charge in [0.1, 0.15) is 11.6 Å². The van der Waals surface area contributed by atoms with Gasteiger partial charge in [0.05, 0.1) is 10.6 Å². The maximum absolute atomic E-state index is 14.4. The molecular weight excluding hydrogens is 412 g/mol. The maximum Gasteiger partial charge on any atom is 0.264 e. The van der Waals surface area contributed by atoms with Gasteiger partial charge in [0, 0.05) is 17.1 Å². The van der Waals surface area contributed by atoms with Crippen LogP contribution in [0.3, 0.4) is 0 Å². The monoisotopic (exact) mass is 433 g/mol. The van der Waals surface area contributed by atoms with E-state index in [0.717, 1.165) is 40.4 Å². The van der Waals surface area contributed by atoms with E-state index >= 15 is 0 Å². The summed E-state index contributed by atoms with van der Waals surface area (Å²) in [7, 11) is -4.09. The minimum atomic E-state index is -4.09. The van der Waals surface area contributed by atoms with Crippen molar-refractivity contribution in [3.05, 3.63) is 59.1 Å². The van der Waals surface area contributed by atoms with Crippen LogP contribution >= 0.6 is 23.4 Å². The Balaban J connectivity index is 2.45. The minimum Gasteiger partial charge on any atom is -0.260 e. The van der Waals surface area contributed by atoms with Gasteiger partial charge >= 0.3 is 0 Å². The van der Waals surface area contributed by atoms with Gasteiger partial charge < -0.3 is 0 Å². The molecule has 0 saturated heterocycles. The van der Waals surface area contributed by atoms with Crippen LogP contribution in [0, 0.1) is 11.6 Å². The summed E-state index contributed by atoms with van der Waals surface area (Å²) in [6, 6.07) is 7.92. The summed E-state index contributed by atoms with van der Waals surface area (Å²) in [6.45, 7) is 3.75. The fraction of sp³-hybridized carbons (Fsp3) is 0.368. The van der Waals surface area contributed by atoms with Gasteiger partial charge in [-0.25, -0.2) is 17.2 Å². The molecule has 0 fully saturated rings. The van der Waals surface area contributed by atoms with Crippen molar-refractivity contribution in [1.29, 1.82) is 0 Å². The smallest absolute Gasteiger partial charge is 0.260 e. The summed E-state index contributed by atoms with van der Waals surface area (Å²) >= 11 is 7.60. The van der Waals surface area contributed by atoms with Gasteiger partial charge in [-0.1, -0.05) is 18.5 Å². The fourth-order valence-corrected chi connectivity index (χ4v) is 5.19. The first-order chi connectivity index (χ1) is 12.8. The van der Waals surface area contributed by atoms with E-state index in [4.69, 9.17) is 11.6 Å². The van der Waals surface area contributed by atoms with E-state index in [-0.39, 0.29) is 10.6 Å². The number of hydrogen-bond donors (Lipinski definition) is 0. The fourth-order valence-electron chi connectivity index (χ4n) is 2.72. The SMILES string of the molecule is CCSCCC[C@@H](C)N(c1cc(F)ccc1F)S(=O)(=O)c1ccc(Cl)cc1. The quantitative estimate of drug-likeness (QED) is 0.473. The summed E-state index contributed by atoms with van der Waals surface area (Å²) in [5, 5.41) is 0.391. The zero-order chi connectivity index (χ0) is 20.0. The maximum atomic E-state index is 14.4. The predicted molar refractivity (Wildman–Crippen MR) is 109 cm³/mol. The Hall–Kier alpha value is -1.31. The van der Waals surface area contributed by atoms with Gasteiger partial charge in [-0.3, -0.25) is 4.31 Å². The molecule has 0 aliphatic carbocycles. The van der Waals surface area contributed by atoms with E-state index in [1.54, 1.807) is 18.7 Å². The average molecular weight is 434 g/mol. The molecule has 2 rings (SSSR count). The second-order valence-corrected chi connectivity index (χ2v) is 9.68. The first kappa shape index (κ1) is 22.0. The molecule has 0 amide bonds. The number of hydrogen-bond acceptors (Lipinski definition) is 3. The highest BCUT2D eigenvalue weighted by Crippen LogP contribution is 2.31. The third kappa shape index (κ3) is 5.59. The Bertz CT molecular complexity index is 861. The number of rotatable bonds is 9. The van der Waals surface area contributed by atoms with Gasteiger partial charge in [-0.2, -0.15) is 11.8 Å². The van der Waals surface area contributed by atoms with Crippen LogP contribution in [0.5, 0.6) is 0 Å². The van der Waals surface area contributed by atoms with E-state index < -0.39 is 27.7 Å². The van der Waals surface area contributed by atoms with Crippen molar-refractivity contribution < 1.29 is 17.2 Å². The molecule has 8 heteroatoms. The van der Waals surface area contributed by atoms with Gasteiger partial charge in [-0.15, -0.1) is 0 Å². The number of benzene rings is 2. The van der Waals surface area contributed by atoms with Crippen molar-refractivity contribution in [1.82, 2.24) is 0 Å². The Kier molecular flexibility index (Phi) is 7.94. The molecule has 27 heavy (non-hydrogen) atoms. The first-order valence-corrected chi connectivity index (χ1v) is 11.6. The topological polar surface area (TPSA) is 37.4 Å². The lowest BCUT2D eigenvalue weighted by atomic mass is 10.2. The number of anilines is 1. The van der Waals surface area contributed by atoms with Crippen LogP contribution in [-0.2, 0) is 10.0 Å². The summed E-state index contributed by atoms with van der Waals surface area (Å²) < 4.78 is 55.6. The second kappa shape index (κ2) is 9.75. The highest BCUT2D eigenvalue weighted by molar-refractivity contribution is 7.99. The molecule has 0 spiro atoms. The molecule has 0 bridgehead atoms. The third-order valence-electron chi connectivity index (χ3n) is 4.03. The first-order valence-electron chi connectivity index (χ1n) is 8.60. The Morgan fingerprint density at radius 1 is 1.15 bits per heavy atom. The lowest BCUT2D eigenvalue weighted by molar-refractivity contribution is 0.556. The van der Waals surface area contributed by atoms with E-state index in [1.165, 1.54) is 24.3 Å². The zero-order valence-electron chi connectivity index (χ0n) is 15.2. The van der Waals surface area contributed by atoms with E-state index in [0.29, 0.717) is 11.4 Å². The number of halogens is 3. The Morgan fingerprint density at radius 2 is 1.81 bits per heavy atom. The molecule has 0 aliphatic heterocycles. The van der Waals surface area contributed by atoms with Crippen LogP contribution in [-0.4, -0.2) is 26.0 Å². The molecular formula is C19H22ClF2NO2S2. The second-order valence-electron chi connectivity index (χ2n) is 6.04. The minimum absolute atomic E-state index is 0.0228. The molecule has 2 aromatic rings. The van der Waals surface area contributed by atoms with E-state index in [9.17, 15) is 17.2 Å². The molecule has 0 heterocycles. The molecule has 0 aliphatic rings. The number of nitrogens with zero attached hydrogens (tertiary/aromatic N) is 1. The number of sulfonamides is 1. The van der Waals surface area contributed by atoms with E-state index in [1.807, 2.05) is 6.92 Å². The Labute approximate surface area is 168 Å². The van der Waals surface area contributed by atoms with Crippen LogP contribution in [0.4, 0.5) is 14.5 Å². The van der Waals surface area contributed by atoms with Gasteiger partial charge in [-0.05, 0) is 67.7 Å². The summed E-state index contributed by atoms with van der Waals surface area (Å²) in [4.78, 5) is -0.0228. The molecule has 2 aromatic carbocycles. The van der Waals surface area contributed by atoms with Crippen LogP contribution in [0.25, 0.3) is 0 Å². The molecule has 0 saturated carbocycles. The van der Waals surface area contributed by atoms with Crippen molar-refractivity contribution in [2.24, 2.45) is 0 Å². The number of thioether (sulfide) groups is 1. The van der Waals surface area contributed by atoms with Gasteiger partial charge in [0.15, 0.2) is 0 Å². The predicted octanol–water partition coefficient (Wildman–Crippen LogP) is 5.74. The van der Waals surface area contributed by atoms with Gasteiger partial charge in [0.25, 0.3) is 10.0 Å². The van der Waals surface area contributed by atoms with Crippen molar-refractivity contribution in [3.63, 3.8) is 0 Å². The largest absolute Gasteiger partial charge is 0.264 e. The van der Waals surface area contributed by atoms with Crippen molar-refractivity contribution in [2.75, 3.05) is 15.8 Å². The molecule has 0 N–H and O–H groups in total. The summed E-state index contributed by atoms with van der Waals surface area (Å²) in [5.74, 6) is 0.362. The standard InChI is InChI=1S/C19H22ClF2NO2S2/c1-3-26-12-4-5-14(2)23(19-13-16(21)8-11-18(19)22)27(24,25)17-9-6-15(20)7-10-17/h6-11,13-14H,3-5,12H2,1-2H3/t14-/m1/s1. The lowest BCUT2D eigenvalue weighted by Crippen LogP contribution is -2.39. The molecule has 0 unspecified atom stereocenters. The van der Waals surface area contributed by atoms with Crippen LogP contribution in [0.2, 0.25) is 5.02 Å².